The second-order valence-corrected chi connectivity index (χ2v) is 9.12. The quantitative estimate of drug-likeness (QED) is 0.753. The van der Waals surface area contributed by atoms with Gasteiger partial charge < -0.3 is 15.2 Å². The van der Waals surface area contributed by atoms with E-state index in [1.165, 1.54) is 39.9 Å². The van der Waals surface area contributed by atoms with E-state index in [4.69, 9.17) is 4.74 Å². The molecule has 0 spiro atoms. The first-order valence-corrected chi connectivity index (χ1v) is 10.9. The van der Waals surface area contributed by atoms with Crippen LogP contribution in [0.4, 0.5) is 0 Å². The third kappa shape index (κ3) is 4.56. The van der Waals surface area contributed by atoms with Crippen LogP contribution < -0.4 is 5.32 Å². The number of thiophene rings is 1. The summed E-state index contributed by atoms with van der Waals surface area (Å²) in [6.45, 7) is 3.41. The predicted molar refractivity (Wildman–Crippen MR) is 102 cm³/mol. The number of morpholine rings is 1. The molecule has 1 saturated heterocycles. The van der Waals surface area contributed by atoms with Crippen molar-refractivity contribution in [2.45, 2.75) is 17.9 Å². The number of nitrogens with zero attached hydrogens (tertiary/aromatic N) is 1. The van der Waals surface area contributed by atoms with Crippen LogP contribution in [0, 0.1) is 6.92 Å². The Morgan fingerprint density at radius 3 is 2.52 bits per heavy atom. The molecule has 1 atom stereocenters. The van der Waals surface area contributed by atoms with Crippen LogP contribution in [0.1, 0.15) is 26.9 Å². The monoisotopic (exact) mass is 410 g/mol. The van der Waals surface area contributed by atoms with E-state index in [-0.39, 0.29) is 17.3 Å². The molecule has 1 aromatic heterocycles. The Morgan fingerprint density at radius 2 is 1.93 bits per heavy atom. The molecule has 1 fully saturated rings. The van der Waals surface area contributed by atoms with Crippen LogP contribution in [0.2, 0.25) is 0 Å². The molecule has 146 valence electrons. The van der Waals surface area contributed by atoms with Crippen molar-refractivity contribution in [3.8, 4) is 0 Å². The van der Waals surface area contributed by atoms with Crippen molar-refractivity contribution >= 4 is 27.3 Å². The van der Waals surface area contributed by atoms with Crippen LogP contribution in [0.5, 0.6) is 0 Å². The number of nitrogens with one attached hydrogen (secondary N) is 1. The molecule has 1 aromatic carbocycles. The van der Waals surface area contributed by atoms with Gasteiger partial charge in [-0.25, -0.2) is 8.42 Å². The Morgan fingerprint density at radius 1 is 1.26 bits per heavy atom. The maximum absolute atomic E-state index is 12.6. The number of aryl methyl sites for hydroxylation is 1. The molecule has 2 aromatic rings. The molecule has 1 aliphatic heterocycles. The highest BCUT2D eigenvalue weighted by atomic mass is 32.2. The highest BCUT2D eigenvalue weighted by molar-refractivity contribution is 7.89. The van der Waals surface area contributed by atoms with Gasteiger partial charge in [-0.3, -0.25) is 4.79 Å². The summed E-state index contributed by atoms with van der Waals surface area (Å²) in [5.41, 5.74) is 1.32. The highest BCUT2D eigenvalue weighted by Gasteiger charge is 2.26. The normalized spacial score (nSPS) is 16.8. The number of carbonyl (C=O) groups excluding carboxylic acids is 1. The average molecular weight is 411 g/mol. The molecular weight excluding hydrogens is 388 g/mol. The predicted octanol–water partition coefficient (Wildman–Crippen LogP) is 1.54. The molecular formula is C18H22N2O5S2. The van der Waals surface area contributed by atoms with E-state index < -0.39 is 16.1 Å². The van der Waals surface area contributed by atoms with Crippen molar-refractivity contribution < 1.29 is 23.1 Å². The van der Waals surface area contributed by atoms with E-state index >= 15 is 0 Å². The van der Waals surface area contributed by atoms with E-state index in [2.05, 4.69) is 5.32 Å². The minimum Gasteiger partial charge on any atom is -0.386 e. The molecule has 3 rings (SSSR count). The van der Waals surface area contributed by atoms with Crippen LogP contribution in [0.3, 0.4) is 0 Å². The molecule has 0 aliphatic carbocycles. The molecule has 0 saturated carbocycles. The van der Waals surface area contributed by atoms with Gasteiger partial charge in [0.15, 0.2) is 0 Å². The largest absolute Gasteiger partial charge is 0.386 e. The molecule has 1 unspecified atom stereocenters. The summed E-state index contributed by atoms with van der Waals surface area (Å²) >= 11 is 1.44. The third-order valence-electron chi connectivity index (χ3n) is 4.38. The molecule has 2 heterocycles. The Balaban J connectivity index is 1.62. The summed E-state index contributed by atoms with van der Waals surface area (Å²) in [7, 11) is -3.58. The fourth-order valence-corrected chi connectivity index (χ4v) is 5.15. The van der Waals surface area contributed by atoms with E-state index in [0.717, 1.165) is 10.4 Å². The van der Waals surface area contributed by atoms with Crippen molar-refractivity contribution in [3.63, 3.8) is 0 Å². The van der Waals surface area contributed by atoms with Crippen LogP contribution >= 0.6 is 11.3 Å². The van der Waals surface area contributed by atoms with E-state index in [1.54, 1.807) is 0 Å². The van der Waals surface area contributed by atoms with E-state index in [0.29, 0.717) is 31.9 Å². The topological polar surface area (TPSA) is 95.9 Å². The Labute approximate surface area is 162 Å². The lowest BCUT2D eigenvalue weighted by Crippen LogP contribution is -2.40. The van der Waals surface area contributed by atoms with Crippen LogP contribution in [-0.4, -0.2) is 56.6 Å². The number of sulfonamides is 1. The summed E-state index contributed by atoms with van der Waals surface area (Å²) in [5.74, 6) is -0.362. The standard InChI is InChI=1S/C18H22N2O5S2/c1-13-6-11-26-17(13)16(21)12-19-18(22)14-2-4-15(5-3-14)27(23,24)20-7-9-25-10-8-20/h2-6,11,16,21H,7-10,12H2,1H3,(H,19,22). The van der Waals surface area contributed by atoms with Gasteiger partial charge in [0.2, 0.25) is 10.0 Å². The number of benzene rings is 1. The smallest absolute Gasteiger partial charge is 0.251 e. The van der Waals surface area contributed by atoms with Crippen molar-refractivity contribution in [1.82, 2.24) is 9.62 Å². The van der Waals surface area contributed by atoms with Gasteiger partial charge in [0, 0.05) is 30.1 Å². The lowest BCUT2D eigenvalue weighted by Gasteiger charge is -2.26. The number of carbonyl (C=O) groups is 1. The minimum atomic E-state index is -3.58. The summed E-state index contributed by atoms with van der Waals surface area (Å²) < 4.78 is 31.7. The maximum atomic E-state index is 12.6. The number of hydrogen-bond acceptors (Lipinski definition) is 6. The number of ether oxygens (including phenoxy) is 1. The average Bonchev–Trinajstić information content (AvgIpc) is 3.12. The Kier molecular flexibility index (Phi) is 6.28. The van der Waals surface area contributed by atoms with Crippen LogP contribution in [-0.2, 0) is 14.8 Å². The van der Waals surface area contributed by atoms with Crippen molar-refractivity contribution in [2.75, 3.05) is 32.8 Å². The van der Waals surface area contributed by atoms with E-state index in [9.17, 15) is 18.3 Å². The van der Waals surface area contributed by atoms with E-state index in [1.807, 2.05) is 18.4 Å². The molecule has 7 nitrogen and oxygen atoms in total. The van der Waals surface area contributed by atoms with Gasteiger partial charge in [0.05, 0.1) is 18.1 Å². The first kappa shape index (κ1) is 20.0. The van der Waals surface area contributed by atoms with Gasteiger partial charge in [-0.2, -0.15) is 4.31 Å². The molecule has 0 bridgehead atoms. The van der Waals surface area contributed by atoms with Gasteiger partial charge in [-0.1, -0.05) is 0 Å². The SMILES string of the molecule is Cc1ccsc1C(O)CNC(=O)c1ccc(S(=O)(=O)N2CCOCC2)cc1. The summed E-state index contributed by atoms with van der Waals surface area (Å²) in [6, 6.07) is 7.73. The van der Waals surface area contributed by atoms with Gasteiger partial charge in [0.1, 0.15) is 6.10 Å². The number of aliphatic hydroxyl groups excluding tert-OH is 1. The highest BCUT2D eigenvalue weighted by Crippen LogP contribution is 2.23. The van der Waals surface area contributed by atoms with Gasteiger partial charge in [-0.15, -0.1) is 11.3 Å². The third-order valence-corrected chi connectivity index (χ3v) is 7.42. The zero-order chi connectivity index (χ0) is 19.4. The van der Waals surface area contributed by atoms with Gasteiger partial charge in [0.25, 0.3) is 5.91 Å². The lowest BCUT2D eigenvalue weighted by atomic mass is 10.2. The van der Waals surface area contributed by atoms with Crippen molar-refractivity contribution in [2.24, 2.45) is 0 Å². The Hall–Kier alpha value is -1.78. The van der Waals surface area contributed by atoms with Crippen LogP contribution in [0.25, 0.3) is 0 Å². The first-order valence-electron chi connectivity index (χ1n) is 8.58. The van der Waals surface area contributed by atoms with Crippen LogP contribution in [0.15, 0.2) is 40.6 Å². The number of aliphatic hydroxyl groups is 1. The molecule has 0 radical (unpaired) electrons. The van der Waals surface area contributed by atoms with Gasteiger partial charge in [-0.05, 0) is 48.2 Å². The number of amides is 1. The molecule has 2 N–H and O–H groups in total. The van der Waals surface area contributed by atoms with Gasteiger partial charge >= 0.3 is 0 Å². The summed E-state index contributed by atoms with van der Waals surface area (Å²) in [6.07, 6.45) is -0.769. The fourth-order valence-electron chi connectivity index (χ4n) is 2.82. The Bertz CT molecular complexity index is 887. The number of hydrogen-bond donors (Lipinski definition) is 2. The zero-order valence-electron chi connectivity index (χ0n) is 14.9. The van der Waals surface area contributed by atoms with Crippen molar-refractivity contribution in [3.05, 3.63) is 51.7 Å². The molecule has 1 aliphatic rings. The second-order valence-electron chi connectivity index (χ2n) is 6.23. The minimum absolute atomic E-state index is 0.0913. The second kappa shape index (κ2) is 8.49. The number of rotatable bonds is 6. The maximum Gasteiger partial charge on any atom is 0.251 e. The van der Waals surface area contributed by atoms with Crippen molar-refractivity contribution in [1.29, 1.82) is 0 Å². The molecule has 27 heavy (non-hydrogen) atoms. The first-order chi connectivity index (χ1) is 12.9. The molecule has 9 heteroatoms. The summed E-state index contributed by atoms with van der Waals surface area (Å²) in [5, 5.41) is 14.8. The molecule has 1 amide bonds. The fraction of sp³-hybridized carbons (Fsp3) is 0.389. The zero-order valence-corrected chi connectivity index (χ0v) is 16.6. The lowest BCUT2D eigenvalue weighted by molar-refractivity contribution is 0.0730. The summed E-state index contributed by atoms with van der Waals surface area (Å²) in [4.78, 5) is 13.2.